The molecule has 1 fully saturated rings. The number of nitrogens with one attached hydrogen (secondary N) is 2. The van der Waals surface area contributed by atoms with E-state index >= 15 is 0 Å². The van der Waals surface area contributed by atoms with E-state index in [2.05, 4.69) is 16.6 Å². The van der Waals surface area contributed by atoms with Crippen molar-refractivity contribution in [3.05, 3.63) is 34.2 Å². The number of H-pyrrole nitrogens is 1. The van der Waals surface area contributed by atoms with E-state index in [9.17, 15) is 9.59 Å². The summed E-state index contributed by atoms with van der Waals surface area (Å²) in [5.74, 6) is -0.116. The van der Waals surface area contributed by atoms with Gasteiger partial charge in [0.25, 0.3) is 5.91 Å². The molecule has 1 aromatic rings. The SMILES string of the molecule is CSC1(CNC(=O)c2ccc(=O)[nH]c2)CCCCC1. The first-order valence-electron chi connectivity index (χ1n) is 6.67. The van der Waals surface area contributed by atoms with Crippen molar-refractivity contribution in [2.24, 2.45) is 0 Å². The van der Waals surface area contributed by atoms with E-state index in [4.69, 9.17) is 0 Å². The summed E-state index contributed by atoms with van der Waals surface area (Å²) in [6.07, 6.45) is 9.71. The van der Waals surface area contributed by atoms with Crippen molar-refractivity contribution in [1.29, 1.82) is 0 Å². The summed E-state index contributed by atoms with van der Waals surface area (Å²) >= 11 is 1.86. The first-order valence-corrected chi connectivity index (χ1v) is 7.90. The molecule has 19 heavy (non-hydrogen) atoms. The van der Waals surface area contributed by atoms with E-state index in [1.165, 1.54) is 44.4 Å². The minimum atomic E-state index is -0.190. The fourth-order valence-corrected chi connectivity index (χ4v) is 3.46. The highest BCUT2D eigenvalue weighted by Crippen LogP contribution is 2.37. The maximum atomic E-state index is 12.0. The van der Waals surface area contributed by atoms with Crippen LogP contribution in [0.5, 0.6) is 0 Å². The highest BCUT2D eigenvalue weighted by atomic mass is 32.2. The van der Waals surface area contributed by atoms with Gasteiger partial charge < -0.3 is 10.3 Å². The van der Waals surface area contributed by atoms with Gasteiger partial charge in [-0.25, -0.2) is 0 Å². The summed E-state index contributed by atoms with van der Waals surface area (Å²) in [6, 6.07) is 2.93. The van der Waals surface area contributed by atoms with Crippen LogP contribution < -0.4 is 10.9 Å². The average molecular weight is 280 g/mol. The van der Waals surface area contributed by atoms with Crippen LogP contribution >= 0.6 is 11.8 Å². The smallest absolute Gasteiger partial charge is 0.252 e. The molecule has 5 heteroatoms. The fourth-order valence-electron chi connectivity index (χ4n) is 2.54. The number of pyridine rings is 1. The van der Waals surface area contributed by atoms with Gasteiger partial charge in [-0.05, 0) is 25.2 Å². The first-order chi connectivity index (χ1) is 9.15. The van der Waals surface area contributed by atoms with Crippen LogP contribution in [0.4, 0.5) is 0 Å². The number of carbonyl (C=O) groups is 1. The highest BCUT2D eigenvalue weighted by molar-refractivity contribution is 8.00. The zero-order valence-electron chi connectivity index (χ0n) is 11.2. The van der Waals surface area contributed by atoms with E-state index in [1.807, 2.05) is 11.8 Å². The van der Waals surface area contributed by atoms with Crippen LogP contribution in [0.3, 0.4) is 0 Å². The molecular weight excluding hydrogens is 260 g/mol. The Balaban J connectivity index is 1.95. The monoisotopic (exact) mass is 280 g/mol. The van der Waals surface area contributed by atoms with Gasteiger partial charge in [-0.3, -0.25) is 9.59 Å². The Morgan fingerprint density at radius 3 is 2.68 bits per heavy atom. The van der Waals surface area contributed by atoms with Crippen LogP contribution in [0.25, 0.3) is 0 Å². The third-order valence-electron chi connectivity index (χ3n) is 3.82. The molecule has 2 N–H and O–H groups in total. The molecule has 1 saturated carbocycles. The third kappa shape index (κ3) is 3.62. The molecule has 0 aliphatic heterocycles. The Bertz CT molecular complexity index is 472. The molecule has 1 aromatic heterocycles. The molecule has 4 nitrogen and oxygen atoms in total. The van der Waals surface area contributed by atoms with Crippen molar-refractivity contribution in [2.45, 2.75) is 36.9 Å². The average Bonchev–Trinajstić information content (AvgIpc) is 2.46. The molecule has 2 rings (SSSR count). The molecule has 0 unspecified atom stereocenters. The van der Waals surface area contributed by atoms with Crippen LogP contribution in [0, 0.1) is 0 Å². The van der Waals surface area contributed by atoms with Gasteiger partial charge in [0.05, 0.1) is 5.56 Å². The highest BCUT2D eigenvalue weighted by Gasteiger charge is 2.31. The zero-order chi connectivity index (χ0) is 13.7. The second kappa shape index (κ2) is 6.28. The number of amides is 1. The molecule has 1 heterocycles. The fraction of sp³-hybridized carbons (Fsp3) is 0.571. The van der Waals surface area contributed by atoms with Gasteiger partial charge in [-0.2, -0.15) is 11.8 Å². The normalized spacial score (nSPS) is 17.9. The third-order valence-corrected chi connectivity index (χ3v) is 5.23. The van der Waals surface area contributed by atoms with Crippen LogP contribution in [-0.2, 0) is 0 Å². The van der Waals surface area contributed by atoms with Gasteiger partial charge >= 0.3 is 0 Å². The second-order valence-corrected chi connectivity index (χ2v) is 6.35. The van der Waals surface area contributed by atoms with Gasteiger partial charge in [0, 0.05) is 23.6 Å². The molecule has 0 saturated heterocycles. The van der Waals surface area contributed by atoms with Gasteiger partial charge in [-0.15, -0.1) is 0 Å². The standard InChI is InChI=1S/C14H20N2O2S/c1-19-14(7-3-2-4-8-14)10-16-13(18)11-5-6-12(17)15-9-11/h5-6,9H,2-4,7-8,10H2,1H3,(H,15,17)(H,16,18). The first kappa shape index (κ1) is 14.2. The molecule has 104 valence electrons. The van der Waals surface area contributed by atoms with Crippen molar-refractivity contribution in [3.8, 4) is 0 Å². The van der Waals surface area contributed by atoms with E-state index in [0.29, 0.717) is 12.1 Å². The van der Waals surface area contributed by atoms with Crippen molar-refractivity contribution in [2.75, 3.05) is 12.8 Å². The summed E-state index contributed by atoms with van der Waals surface area (Å²) < 4.78 is 0.191. The molecule has 0 atom stereocenters. The molecule has 1 aliphatic rings. The van der Waals surface area contributed by atoms with Gasteiger partial charge in [0.2, 0.25) is 5.56 Å². The molecule has 0 aromatic carbocycles. The summed E-state index contributed by atoms with van der Waals surface area (Å²) in [7, 11) is 0. The Kier molecular flexibility index (Phi) is 4.69. The topological polar surface area (TPSA) is 62.0 Å². The predicted molar refractivity (Wildman–Crippen MR) is 78.7 cm³/mol. The number of aromatic amines is 1. The minimum absolute atomic E-state index is 0.116. The summed E-state index contributed by atoms with van der Waals surface area (Å²) in [6.45, 7) is 0.701. The Morgan fingerprint density at radius 1 is 1.37 bits per heavy atom. The van der Waals surface area contributed by atoms with Crippen LogP contribution in [0.1, 0.15) is 42.5 Å². The second-order valence-electron chi connectivity index (χ2n) is 5.07. The van der Waals surface area contributed by atoms with Crippen LogP contribution in [0.15, 0.2) is 23.1 Å². The van der Waals surface area contributed by atoms with Crippen LogP contribution in [0.2, 0.25) is 0 Å². The predicted octanol–water partition coefficient (Wildman–Crippen LogP) is 2.17. The lowest BCUT2D eigenvalue weighted by molar-refractivity contribution is 0.0946. The molecule has 0 radical (unpaired) electrons. The Hall–Kier alpha value is -1.23. The van der Waals surface area contributed by atoms with Gasteiger partial charge in [0.15, 0.2) is 0 Å². The molecular formula is C14H20N2O2S. The lowest BCUT2D eigenvalue weighted by Gasteiger charge is -2.35. The molecule has 1 amide bonds. The quantitative estimate of drug-likeness (QED) is 0.888. The molecule has 0 bridgehead atoms. The van der Waals surface area contributed by atoms with E-state index in [1.54, 1.807) is 6.07 Å². The number of hydrogen-bond acceptors (Lipinski definition) is 3. The Labute approximate surface area is 117 Å². The lowest BCUT2D eigenvalue weighted by Crippen LogP contribution is -2.41. The summed E-state index contributed by atoms with van der Waals surface area (Å²) in [4.78, 5) is 25.5. The van der Waals surface area contributed by atoms with E-state index < -0.39 is 0 Å². The molecule has 1 aliphatic carbocycles. The number of thioether (sulfide) groups is 1. The largest absolute Gasteiger partial charge is 0.351 e. The van der Waals surface area contributed by atoms with Gasteiger partial charge in [0.1, 0.15) is 0 Å². The number of rotatable bonds is 4. The lowest BCUT2D eigenvalue weighted by atomic mass is 9.88. The number of hydrogen-bond donors (Lipinski definition) is 2. The van der Waals surface area contributed by atoms with E-state index in [0.717, 1.165) is 0 Å². The van der Waals surface area contributed by atoms with Crippen molar-refractivity contribution < 1.29 is 4.79 Å². The van der Waals surface area contributed by atoms with E-state index in [-0.39, 0.29) is 16.2 Å². The van der Waals surface area contributed by atoms with Gasteiger partial charge in [-0.1, -0.05) is 19.3 Å². The van der Waals surface area contributed by atoms with Crippen molar-refractivity contribution >= 4 is 17.7 Å². The maximum Gasteiger partial charge on any atom is 0.252 e. The Morgan fingerprint density at radius 2 is 2.11 bits per heavy atom. The number of aromatic nitrogens is 1. The minimum Gasteiger partial charge on any atom is -0.351 e. The maximum absolute atomic E-state index is 12.0. The van der Waals surface area contributed by atoms with Crippen molar-refractivity contribution in [1.82, 2.24) is 10.3 Å². The zero-order valence-corrected chi connectivity index (χ0v) is 12.0. The summed E-state index contributed by atoms with van der Waals surface area (Å²) in [5, 5.41) is 3.00. The van der Waals surface area contributed by atoms with Crippen molar-refractivity contribution in [3.63, 3.8) is 0 Å². The molecule has 0 spiro atoms. The van der Waals surface area contributed by atoms with Crippen LogP contribution in [-0.4, -0.2) is 28.4 Å². The summed E-state index contributed by atoms with van der Waals surface area (Å²) in [5.41, 5.74) is 0.316. The number of carbonyl (C=O) groups excluding carboxylic acids is 1.